The summed E-state index contributed by atoms with van der Waals surface area (Å²) in [4.78, 5) is 4.75. The highest BCUT2D eigenvalue weighted by Crippen LogP contribution is 2.18. The number of benzene rings is 2. The van der Waals surface area contributed by atoms with Crippen molar-refractivity contribution in [3.8, 4) is 6.07 Å². The largest absolute Gasteiger partial charge is 0.265 e. The lowest BCUT2D eigenvalue weighted by Gasteiger charge is -2.16. The van der Waals surface area contributed by atoms with Gasteiger partial charge in [0.15, 0.2) is 0 Å². The second-order valence-corrected chi connectivity index (χ2v) is 5.41. The first-order valence-electron chi connectivity index (χ1n) is 7.44. The predicted molar refractivity (Wildman–Crippen MR) is 92.4 cm³/mol. The fraction of sp³-hybridized carbons (Fsp3) is 0.263. The van der Waals surface area contributed by atoms with E-state index in [4.69, 9.17) is 16.6 Å². The molecule has 0 spiro atoms. The number of hydrogen-bond donors (Lipinski definition) is 0. The van der Waals surface area contributed by atoms with Crippen LogP contribution in [0.2, 0.25) is 0 Å². The zero-order valence-electron chi connectivity index (χ0n) is 12.6. The van der Waals surface area contributed by atoms with Gasteiger partial charge in [-0.15, -0.1) is 11.6 Å². The molecule has 2 atom stereocenters. The molecule has 2 aromatic carbocycles. The van der Waals surface area contributed by atoms with E-state index in [0.29, 0.717) is 5.88 Å². The van der Waals surface area contributed by atoms with Crippen LogP contribution < -0.4 is 0 Å². The van der Waals surface area contributed by atoms with Crippen LogP contribution >= 0.6 is 11.6 Å². The van der Waals surface area contributed by atoms with Gasteiger partial charge in [0.25, 0.3) is 0 Å². The Balaban J connectivity index is 2.49. The Hall–Kier alpha value is -2.11. The van der Waals surface area contributed by atoms with Gasteiger partial charge in [0.2, 0.25) is 0 Å². The highest BCUT2D eigenvalue weighted by Gasteiger charge is 2.19. The molecule has 22 heavy (non-hydrogen) atoms. The topological polar surface area (TPSA) is 36.1 Å². The molecule has 0 amide bonds. The molecule has 112 valence electrons. The molecule has 1 unspecified atom stereocenters. The number of halogens is 1. The molecule has 0 aromatic heterocycles. The molecule has 0 saturated carbocycles. The van der Waals surface area contributed by atoms with Crippen LogP contribution in [0.1, 0.15) is 24.5 Å². The van der Waals surface area contributed by atoms with Crippen LogP contribution in [-0.2, 0) is 0 Å². The monoisotopic (exact) mass is 310 g/mol. The number of nitrogens with zero attached hydrogens (tertiary/aromatic N) is 2. The lowest BCUT2D eigenvalue weighted by molar-refractivity contribution is 0.518. The van der Waals surface area contributed by atoms with Crippen molar-refractivity contribution in [2.75, 3.05) is 5.88 Å². The fourth-order valence-corrected chi connectivity index (χ4v) is 2.69. The van der Waals surface area contributed by atoms with Crippen LogP contribution in [0.5, 0.6) is 0 Å². The van der Waals surface area contributed by atoms with E-state index in [1.54, 1.807) is 0 Å². The molecule has 0 aliphatic carbocycles. The summed E-state index contributed by atoms with van der Waals surface area (Å²) in [6.07, 6.45) is 0.835. The van der Waals surface area contributed by atoms with E-state index >= 15 is 0 Å². The van der Waals surface area contributed by atoms with Gasteiger partial charge in [0.1, 0.15) is 6.04 Å². The van der Waals surface area contributed by atoms with Crippen molar-refractivity contribution in [3.63, 3.8) is 0 Å². The number of aliphatic imine (C=N–C) groups is 1. The summed E-state index contributed by atoms with van der Waals surface area (Å²) in [5.41, 5.74) is 2.87. The number of nitriles is 1. The second kappa shape index (κ2) is 8.36. The molecule has 0 saturated heterocycles. The van der Waals surface area contributed by atoms with Crippen LogP contribution in [0.4, 0.5) is 0 Å². The standard InChI is InChI=1S/C19H19ClN2/c1-2-15(13-20)18(14-21)22-19(16-9-5-3-6-10-16)17-11-7-4-8-12-17/h3-12,15,18H,2,13H2,1H3/t15-,18?/m0/s1. The van der Waals surface area contributed by atoms with E-state index < -0.39 is 6.04 Å². The number of rotatable bonds is 6. The van der Waals surface area contributed by atoms with Crippen molar-refractivity contribution in [2.24, 2.45) is 10.9 Å². The first-order valence-corrected chi connectivity index (χ1v) is 7.97. The van der Waals surface area contributed by atoms with Gasteiger partial charge in [-0.25, -0.2) is 0 Å². The molecule has 0 fully saturated rings. The fourth-order valence-electron chi connectivity index (χ4n) is 2.30. The van der Waals surface area contributed by atoms with Crippen LogP contribution in [0.15, 0.2) is 65.7 Å². The summed E-state index contributed by atoms with van der Waals surface area (Å²) < 4.78 is 0. The molecular formula is C19H19ClN2. The highest BCUT2D eigenvalue weighted by molar-refractivity contribution is 6.18. The van der Waals surface area contributed by atoms with Crippen LogP contribution in [0, 0.1) is 17.2 Å². The normalized spacial score (nSPS) is 13.0. The first kappa shape index (κ1) is 16.3. The SMILES string of the molecule is CC[C@@H](CCl)C(C#N)N=C(c1ccccc1)c1ccccc1. The Kier molecular flexibility index (Phi) is 6.18. The lowest BCUT2D eigenvalue weighted by Crippen LogP contribution is -2.20. The summed E-state index contributed by atoms with van der Waals surface area (Å²) in [6.45, 7) is 2.04. The van der Waals surface area contributed by atoms with Gasteiger partial charge in [-0.2, -0.15) is 5.26 Å². The van der Waals surface area contributed by atoms with Crippen LogP contribution in [-0.4, -0.2) is 17.6 Å². The molecular weight excluding hydrogens is 292 g/mol. The van der Waals surface area contributed by atoms with Gasteiger partial charge in [0.05, 0.1) is 11.8 Å². The maximum atomic E-state index is 9.49. The van der Waals surface area contributed by atoms with E-state index in [2.05, 4.69) is 6.07 Å². The summed E-state index contributed by atoms with van der Waals surface area (Å²) in [7, 11) is 0. The van der Waals surface area contributed by atoms with Gasteiger partial charge in [-0.3, -0.25) is 4.99 Å². The van der Waals surface area contributed by atoms with Crippen molar-refractivity contribution in [1.82, 2.24) is 0 Å². The Morgan fingerprint density at radius 3 is 1.91 bits per heavy atom. The Morgan fingerprint density at radius 1 is 1.05 bits per heavy atom. The summed E-state index contributed by atoms with van der Waals surface area (Å²) >= 11 is 6.00. The second-order valence-electron chi connectivity index (χ2n) is 5.11. The van der Waals surface area contributed by atoms with Gasteiger partial charge in [-0.1, -0.05) is 67.6 Å². The molecule has 0 heterocycles. The number of hydrogen-bond acceptors (Lipinski definition) is 2. The highest BCUT2D eigenvalue weighted by atomic mass is 35.5. The molecule has 0 N–H and O–H groups in total. The maximum absolute atomic E-state index is 9.49. The molecule has 0 aliphatic heterocycles. The van der Waals surface area contributed by atoms with E-state index in [9.17, 15) is 5.26 Å². The smallest absolute Gasteiger partial charge is 0.141 e. The van der Waals surface area contributed by atoms with Crippen molar-refractivity contribution in [2.45, 2.75) is 19.4 Å². The summed E-state index contributed by atoms with van der Waals surface area (Å²) in [5, 5.41) is 9.49. The van der Waals surface area contributed by atoms with E-state index in [1.165, 1.54) is 0 Å². The Morgan fingerprint density at radius 2 is 1.55 bits per heavy atom. The molecule has 2 rings (SSSR count). The van der Waals surface area contributed by atoms with E-state index in [-0.39, 0.29) is 5.92 Å². The van der Waals surface area contributed by atoms with Gasteiger partial charge >= 0.3 is 0 Å². The minimum atomic E-state index is -0.432. The zero-order valence-corrected chi connectivity index (χ0v) is 13.4. The van der Waals surface area contributed by atoms with Gasteiger partial charge in [0, 0.05) is 22.9 Å². The zero-order chi connectivity index (χ0) is 15.8. The van der Waals surface area contributed by atoms with Crippen molar-refractivity contribution < 1.29 is 0 Å². The molecule has 0 bridgehead atoms. The van der Waals surface area contributed by atoms with Gasteiger partial charge < -0.3 is 0 Å². The summed E-state index contributed by atoms with van der Waals surface area (Å²) in [5.74, 6) is 0.504. The molecule has 2 nitrogen and oxygen atoms in total. The number of alkyl halides is 1. The molecule has 2 aromatic rings. The lowest BCUT2D eigenvalue weighted by atomic mass is 9.98. The predicted octanol–water partition coefficient (Wildman–Crippen LogP) is 4.68. The summed E-state index contributed by atoms with van der Waals surface area (Å²) in [6, 6.07) is 21.8. The van der Waals surface area contributed by atoms with Crippen molar-refractivity contribution in [3.05, 3.63) is 71.8 Å². The van der Waals surface area contributed by atoms with Crippen LogP contribution in [0.25, 0.3) is 0 Å². The minimum absolute atomic E-state index is 0.0640. The van der Waals surface area contributed by atoms with Crippen molar-refractivity contribution in [1.29, 1.82) is 5.26 Å². The first-order chi connectivity index (χ1) is 10.8. The Labute approximate surface area is 137 Å². The molecule has 0 aliphatic rings. The van der Waals surface area contributed by atoms with Gasteiger partial charge in [-0.05, 0) is 6.42 Å². The third kappa shape index (κ3) is 3.96. The average Bonchev–Trinajstić information content (AvgIpc) is 2.60. The van der Waals surface area contributed by atoms with Crippen molar-refractivity contribution >= 4 is 17.3 Å². The molecule has 0 radical (unpaired) electrons. The Bertz CT molecular complexity index is 599. The quantitative estimate of drug-likeness (QED) is 0.563. The minimum Gasteiger partial charge on any atom is -0.265 e. The molecule has 3 heteroatoms. The van der Waals surface area contributed by atoms with Crippen LogP contribution in [0.3, 0.4) is 0 Å². The third-order valence-electron chi connectivity index (χ3n) is 3.66. The van der Waals surface area contributed by atoms with E-state index in [0.717, 1.165) is 23.3 Å². The third-order valence-corrected chi connectivity index (χ3v) is 4.06. The maximum Gasteiger partial charge on any atom is 0.141 e. The average molecular weight is 311 g/mol. The van der Waals surface area contributed by atoms with E-state index in [1.807, 2.05) is 67.6 Å².